The number of rotatable bonds is 9. The summed E-state index contributed by atoms with van der Waals surface area (Å²) in [7, 11) is 1.33. The molecule has 1 unspecified atom stereocenters. The molecular weight excluding hydrogens is 314 g/mol. The molecular formula is C16H25N3O5. The van der Waals surface area contributed by atoms with Gasteiger partial charge in [-0.2, -0.15) is 0 Å². The van der Waals surface area contributed by atoms with E-state index in [9.17, 15) is 14.9 Å². The quantitative estimate of drug-likeness (QED) is 0.524. The average molecular weight is 339 g/mol. The second-order valence-corrected chi connectivity index (χ2v) is 6.29. The van der Waals surface area contributed by atoms with Gasteiger partial charge < -0.3 is 20.5 Å². The largest absolute Gasteiger partial charge is 0.490 e. The first-order chi connectivity index (χ1) is 11.2. The Morgan fingerprint density at radius 1 is 1.46 bits per heavy atom. The van der Waals surface area contributed by atoms with Crippen LogP contribution in [0, 0.1) is 16.0 Å². The minimum absolute atomic E-state index is 0.0736. The maximum atomic E-state index is 12.1. The van der Waals surface area contributed by atoms with Crippen molar-refractivity contribution in [3.63, 3.8) is 0 Å². The van der Waals surface area contributed by atoms with E-state index in [4.69, 9.17) is 15.2 Å². The fourth-order valence-electron chi connectivity index (χ4n) is 2.51. The zero-order valence-corrected chi connectivity index (χ0v) is 14.5. The average Bonchev–Trinajstić information content (AvgIpc) is 2.51. The van der Waals surface area contributed by atoms with Crippen molar-refractivity contribution in [1.82, 2.24) is 5.32 Å². The summed E-state index contributed by atoms with van der Waals surface area (Å²) >= 11 is 0. The number of amides is 1. The number of carbonyl (C=O) groups excluding carboxylic acids is 1. The van der Waals surface area contributed by atoms with Gasteiger partial charge in [0.15, 0.2) is 6.61 Å². The lowest BCUT2D eigenvalue weighted by Gasteiger charge is -2.31. The lowest BCUT2D eigenvalue weighted by atomic mass is 9.91. The van der Waals surface area contributed by atoms with Crippen LogP contribution in [0.3, 0.4) is 0 Å². The van der Waals surface area contributed by atoms with Crippen molar-refractivity contribution < 1.29 is 19.2 Å². The van der Waals surface area contributed by atoms with Crippen molar-refractivity contribution in [2.45, 2.75) is 32.7 Å². The molecule has 8 heteroatoms. The molecule has 0 bridgehead atoms. The highest BCUT2D eigenvalue weighted by molar-refractivity contribution is 5.78. The monoisotopic (exact) mass is 339 g/mol. The third-order valence-electron chi connectivity index (χ3n) is 3.47. The number of methoxy groups -OCH3 is 1. The topological polar surface area (TPSA) is 117 Å². The molecule has 0 aliphatic carbocycles. The van der Waals surface area contributed by atoms with Gasteiger partial charge in [0.05, 0.1) is 12.0 Å². The van der Waals surface area contributed by atoms with Gasteiger partial charge in [0, 0.05) is 24.2 Å². The Morgan fingerprint density at radius 3 is 2.62 bits per heavy atom. The summed E-state index contributed by atoms with van der Waals surface area (Å²) in [4.78, 5) is 22.4. The molecule has 8 nitrogen and oxygen atoms in total. The van der Waals surface area contributed by atoms with Gasteiger partial charge >= 0.3 is 5.69 Å². The van der Waals surface area contributed by atoms with Gasteiger partial charge in [-0.05, 0) is 25.3 Å². The predicted octanol–water partition coefficient (Wildman–Crippen LogP) is 1.86. The van der Waals surface area contributed by atoms with Crippen LogP contribution in [0.25, 0.3) is 0 Å². The maximum Gasteiger partial charge on any atom is 0.311 e. The molecule has 134 valence electrons. The van der Waals surface area contributed by atoms with Gasteiger partial charge in [0.25, 0.3) is 5.91 Å². The van der Waals surface area contributed by atoms with Crippen molar-refractivity contribution in [3.05, 3.63) is 28.3 Å². The number of nitrogens with two attached hydrogens (primary N) is 1. The number of ether oxygens (including phenoxy) is 2. The molecule has 24 heavy (non-hydrogen) atoms. The first-order valence-corrected chi connectivity index (χ1v) is 7.67. The molecule has 1 aromatic carbocycles. The fourth-order valence-corrected chi connectivity index (χ4v) is 2.51. The molecule has 0 spiro atoms. The van der Waals surface area contributed by atoms with E-state index in [0.717, 1.165) is 6.42 Å². The zero-order chi connectivity index (χ0) is 18.3. The van der Waals surface area contributed by atoms with E-state index < -0.39 is 10.5 Å². The van der Waals surface area contributed by atoms with E-state index in [2.05, 4.69) is 19.2 Å². The number of benzene rings is 1. The van der Waals surface area contributed by atoms with E-state index in [-0.39, 0.29) is 24.0 Å². The van der Waals surface area contributed by atoms with Crippen LogP contribution in [0.4, 0.5) is 5.69 Å². The number of hydrogen-bond acceptors (Lipinski definition) is 6. The number of nitrogens with one attached hydrogen (secondary N) is 1. The highest BCUT2D eigenvalue weighted by atomic mass is 16.6. The highest BCUT2D eigenvalue weighted by Gasteiger charge is 2.26. The Morgan fingerprint density at radius 2 is 2.12 bits per heavy atom. The van der Waals surface area contributed by atoms with Gasteiger partial charge in [-0.15, -0.1) is 0 Å². The van der Waals surface area contributed by atoms with E-state index in [1.54, 1.807) is 0 Å². The van der Waals surface area contributed by atoms with E-state index in [1.807, 2.05) is 6.92 Å². The molecule has 0 saturated heterocycles. The van der Waals surface area contributed by atoms with Crippen LogP contribution in [-0.4, -0.2) is 36.6 Å². The first kappa shape index (κ1) is 19.7. The molecule has 0 aliphatic rings. The van der Waals surface area contributed by atoms with Crippen molar-refractivity contribution in [3.8, 4) is 11.5 Å². The molecule has 0 fully saturated rings. The van der Waals surface area contributed by atoms with E-state index in [0.29, 0.717) is 18.2 Å². The summed E-state index contributed by atoms with van der Waals surface area (Å²) in [6.45, 7) is 6.11. The molecule has 1 aromatic rings. The Kier molecular flexibility index (Phi) is 6.97. The number of nitrogens with zero attached hydrogens (tertiary/aromatic N) is 1. The Balaban J connectivity index is 2.68. The molecule has 1 amide bonds. The summed E-state index contributed by atoms with van der Waals surface area (Å²) < 4.78 is 10.3. The minimum atomic E-state index is -0.548. The third kappa shape index (κ3) is 5.69. The van der Waals surface area contributed by atoms with Crippen molar-refractivity contribution in [1.29, 1.82) is 0 Å². The summed E-state index contributed by atoms with van der Waals surface area (Å²) in [6.07, 6.45) is 0.751. The molecule has 0 aliphatic heterocycles. The third-order valence-corrected chi connectivity index (χ3v) is 3.47. The van der Waals surface area contributed by atoms with Crippen LogP contribution in [0.5, 0.6) is 11.5 Å². The van der Waals surface area contributed by atoms with Crippen LogP contribution in [-0.2, 0) is 4.79 Å². The Bertz CT molecular complexity index is 591. The lowest BCUT2D eigenvalue weighted by molar-refractivity contribution is -0.385. The highest BCUT2D eigenvalue weighted by Crippen LogP contribution is 2.30. The molecule has 0 saturated carbocycles. The Labute approximate surface area is 141 Å². The van der Waals surface area contributed by atoms with Gasteiger partial charge in [0.2, 0.25) is 5.75 Å². The number of nitro groups is 1. The van der Waals surface area contributed by atoms with Gasteiger partial charge in [0.1, 0.15) is 5.75 Å². The molecule has 0 radical (unpaired) electrons. The van der Waals surface area contributed by atoms with E-state index >= 15 is 0 Å². The predicted molar refractivity (Wildman–Crippen MR) is 90.2 cm³/mol. The lowest BCUT2D eigenvalue weighted by Crippen LogP contribution is -2.53. The van der Waals surface area contributed by atoms with Crippen molar-refractivity contribution in [2.75, 3.05) is 20.3 Å². The SMILES string of the molecule is COc1cc(OCC(=O)NC(C)(CN)CC(C)C)ccc1[N+](=O)[O-]. The summed E-state index contributed by atoms with van der Waals surface area (Å²) in [6, 6.07) is 4.07. The summed E-state index contributed by atoms with van der Waals surface area (Å²) in [5.74, 6) is 0.468. The zero-order valence-electron chi connectivity index (χ0n) is 14.5. The second-order valence-electron chi connectivity index (χ2n) is 6.29. The van der Waals surface area contributed by atoms with Gasteiger partial charge in [-0.3, -0.25) is 14.9 Å². The normalized spacial score (nSPS) is 13.2. The van der Waals surface area contributed by atoms with Crippen molar-refractivity contribution in [2.24, 2.45) is 11.7 Å². The molecule has 1 atom stereocenters. The van der Waals surface area contributed by atoms with Gasteiger partial charge in [-0.1, -0.05) is 13.8 Å². The molecule has 0 heterocycles. The standard InChI is InChI=1S/C16H25N3O5/c1-11(2)8-16(3,10-17)18-15(20)9-24-12-5-6-13(19(21)22)14(7-12)23-4/h5-7,11H,8-10,17H2,1-4H3,(H,18,20). The number of hydrogen-bond donors (Lipinski definition) is 2. The molecule has 1 rings (SSSR count). The van der Waals surface area contributed by atoms with E-state index in [1.165, 1.54) is 25.3 Å². The van der Waals surface area contributed by atoms with Gasteiger partial charge in [-0.25, -0.2) is 0 Å². The molecule has 0 aromatic heterocycles. The molecule has 3 N–H and O–H groups in total. The van der Waals surface area contributed by atoms with Crippen LogP contribution >= 0.6 is 0 Å². The van der Waals surface area contributed by atoms with Crippen LogP contribution in [0.2, 0.25) is 0 Å². The van der Waals surface area contributed by atoms with Crippen LogP contribution < -0.4 is 20.5 Å². The van der Waals surface area contributed by atoms with Crippen LogP contribution in [0.1, 0.15) is 27.2 Å². The first-order valence-electron chi connectivity index (χ1n) is 7.67. The second kappa shape index (κ2) is 8.49. The Hall–Kier alpha value is -2.35. The smallest absolute Gasteiger partial charge is 0.311 e. The number of carbonyl (C=O) groups is 1. The fraction of sp³-hybridized carbons (Fsp3) is 0.562. The number of nitro benzene ring substituents is 1. The van der Waals surface area contributed by atoms with Crippen LogP contribution in [0.15, 0.2) is 18.2 Å². The minimum Gasteiger partial charge on any atom is -0.490 e. The summed E-state index contributed by atoms with van der Waals surface area (Å²) in [5, 5.41) is 13.7. The van der Waals surface area contributed by atoms with Crippen molar-refractivity contribution >= 4 is 11.6 Å². The maximum absolute atomic E-state index is 12.1. The summed E-state index contributed by atoms with van der Waals surface area (Å²) in [5.41, 5.74) is 5.09.